The first-order chi connectivity index (χ1) is 13.2. The number of imidazole rings is 1. The highest BCUT2D eigenvalue weighted by molar-refractivity contribution is 7.88. The number of piperidine rings is 1. The summed E-state index contributed by atoms with van der Waals surface area (Å²) >= 11 is 0. The zero-order chi connectivity index (χ0) is 20.1. The van der Waals surface area contributed by atoms with Gasteiger partial charge in [0, 0.05) is 18.5 Å². The van der Waals surface area contributed by atoms with Gasteiger partial charge in [-0.1, -0.05) is 19.8 Å². The predicted octanol–water partition coefficient (Wildman–Crippen LogP) is 1.88. The van der Waals surface area contributed by atoms with Crippen molar-refractivity contribution in [3.8, 4) is 0 Å². The largest absolute Gasteiger partial charge is 0.347 e. The summed E-state index contributed by atoms with van der Waals surface area (Å²) in [6.45, 7) is 2.08. The van der Waals surface area contributed by atoms with E-state index in [-0.39, 0.29) is 30.0 Å². The lowest BCUT2D eigenvalue weighted by molar-refractivity contribution is 0.186. The van der Waals surface area contributed by atoms with Crippen LogP contribution in [0.25, 0.3) is 5.52 Å². The Morgan fingerprint density at radius 1 is 1.32 bits per heavy atom. The molecule has 3 heterocycles. The number of anilines is 1. The lowest BCUT2D eigenvalue weighted by Gasteiger charge is -2.33. The molecule has 2 aromatic rings. The van der Waals surface area contributed by atoms with Gasteiger partial charge in [0.1, 0.15) is 17.5 Å². The zero-order valence-electron chi connectivity index (χ0n) is 15.9. The van der Waals surface area contributed by atoms with E-state index in [1.54, 1.807) is 0 Å². The Hall–Kier alpha value is -1.88. The maximum Gasteiger partial charge on any atom is 0.242 e. The fourth-order valence-electron chi connectivity index (χ4n) is 4.19. The molecule has 0 aromatic carbocycles. The number of aromatic nitrogens is 4. The molecule has 0 amide bonds. The summed E-state index contributed by atoms with van der Waals surface area (Å²) < 4.78 is 54.6. The van der Waals surface area contributed by atoms with Crippen LogP contribution in [0.4, 0.5) is 14.7 Å². The minimum atomic E-state index is -3.42. The molecular formula is C17H24F2N6O2S. The summed E-state index contributed by atoms with van der Waals surface area (Å²) in [5, 5.41) is 7.32. The topological polar surface area (TPSA) is 92.5 Å². The molecule has 2 atom stereocenters. The molecule has 2 aromatic heterocycles. The average molecular weight is 414 g/mol. The fraction of sp³-hybridized carbons (Fsp3) is 0.706. The standard InChI is InChI=1S/C17H24F2N6O2S/c1-17(6-3-4-7-17)15-22-14(19)13-9-20-16(23-25(13)15)21-12-5-8-24(10-11(12)18)28(2,26)27/h9,11-12H,3-8,10H2,1-2H3,(H,21,23)/t11-,12-/m1/s1. The molecule has 1 aliphatic heterocycles. The summed E-state index contributed by atoms with van der Waals surface area (Å²) in [6.07, 6.45) is 5.26. The summed E-state index contributed by atoms with van der Waals surface area (Å²) in [7, 11) is -3.42. The van der Waals surface area contributed by atoms with E-state index in [9.17, 15) is 17.2 Å². The minimum absolute atomic E-state index is 0.174. The molecule has 1 N–H and O–H groups in total. The van der Waals surface area contributed by atoms with Crippen molar-refractivity contribution in [3.05, 3.63) is 18.0 Å². The van der Waals surface area contributed by atoms with E-state index < -0.39 is 28.2 Å². The Morgan fingerprint density at radius 3 is 2.68 bits per heavy atom. The van der Waals surface area contributed by atoms with Crippen LogP contribution in [0.1, 0.15) is 44.9 Å². The van der Waals surface area contributed by atoms with Crippen molar-refractivity contribution in [2.75, 3.05) is 24.7 Å². The smallest absolute Gasteiger partial charge is 0.242 e. The highest BCUT2D eigenvalue weighted by atomic mass is 32.2. The lowest BCUT2D eigenvalue weighted by atomic mass is 9.88. The van der Waals surface area contributed by atoms with Crippen LogP contribution < -0.4 is 5.32 Å². The second-order valence-electron chi connectivity index (χ2n) is 8.05. The van der Waals surface area contributed by atoms with E-state index in [1.807, 2.05) is 0 Å². The SMILES string of the molecule is CC1(c2nc(F)c3cnc(N[C@@H]4CCN(S(C)(=O)=O)C[C@H]4F)nn23)CCCC1. The number of fused-ring (bicyclic) bond motifs is 1. The Kier molecular flexibility index (Phi) is 4.77. The second kappa shape index (κ2) is 6.87. The summed E-state index contributed by atoms with van der Waals surface area (Å²) in [4.78, 5) is 8.21. The Balaban J connectivity index is 1.59. The quantitative estimate of drug-likeness (QED) is 0.821. The average Bonchev–Trinajstić information content (AvgIpc) is 3.21. The molecule has 8 nitrogen and oxygen atoms in total. The van der Waals surface area contributed by atoms with Gasteiger partial charge in [-0.25, -0.2) is 27.3 Å². The number of nitrogens with zero attached hydrogens (tertiary/aromatic N) is 5. The number of hydrogen-bond acceptors (Lipinski definition) is 6. The van der Waals surface area contributed by atoms with Crippen LogP contribution in [0.3, 0.4) is 0 Å². The molecular weight excluding hydrogens is 390 g/mol. The molecule has 2 aliphatic rings. The summed E-state index contributed by atoms with van der Waals surface area (Å²) in [5.41, 5.74) is -0.0557. The normalized spacial score (nSPS) is 26.0. The molecule has 0 spiro atoms. The van der Waals surface area contributed by atoms with Crippen LogP contribution in [0.15, 0.2) is 6.20 Å². The molecule has 2 fully saturated rings. The van der Waals surface area contributed by atoms with Crippen molar-refractivity contribution in [3.63, 3.8) is 0 Å². The van der Waals surface area contributed by atoms with Crippen molar-refractivity contribution in [2.45, 2.75) is 56.7 Å². The third-order valence-electron chi connectivity index (χ3n) is 5.88. The first-order valence-corrected chi connectivity index (χ1v) is 11.3. The Bertz CT molecular complexity index is 989. The van der Waals surface area contributed by atoms with E-state index in [1.165, 1.54) is 10.7 Å². The maximum absolute atomic E-state index is 14.5. The minimum Gasteiger partial charge on any atom is -0.347 e. The third kappa shape index (κ3) is 3.45. The van der Waals surface area contributed by atoms with Crippen LogP contribution in [-0.2, 0) is 15.4 Å². The van der Waals surface area contributed by atoms with Gasteiger partial charge < -0.3 is 5.32 Å². The third-order valence-corrected chi connectivity index (χ3v) is 7.15. The second-order valence-corrected chi connectivity index (χ2v) is 10.0. The summed E-state index contributed by atoms with van der Waals surface area (Å²) in [6, 6.07) is -0.616. The number of rotatable bonds is 4. The molecule has 28 heavy (non-hydrogen) atoms. The highest BCUT2D eigenvalue weighted by Crippen LogP contribution is 2.40. The monoisotopic (exact) mass is 414 g/mol. The van der Waals surface area contributed by atoms with E-state index >= 15 is 0 Å². The molecule has 1 saturated carbocycles. The van der Waals surface area contributed by atoms with Crippen LogP contribution in [-0.4, -0.2) is 63.9 Å². The van der Waals surface area contributed by atoms with Crippen LogP contribution >= 0.6 is 0 Å². The van der Waals surface area contributed by atoms with Crippen molar-refractivity contribution in [2.24, 2.45) is 0 Å². The van der Waals surface area contributed by atoms with Crippen LogP contribution in [0.2, 0.25) is 0 Å². The van der Waals surface area contributed by atoms with E-state index in [0.29, 0.717) is 12.2 Å². The molecule has 0 unspecified atom stereocenters. The van der Waals surface area contributed by atoms with E-state index in [2.05, 4.69) is 27.3 Å². The van der Waals surface area contributed by atoms with Gasteiger partial charge in [0.25, 0.3) is 0 Å². The molecule has 1 saturated heterocycles. The highest BCUT2D eigenvalue weighted by Gasteiger charge is 2.37. The number of halogens is 2. The fourth-order valence-corrected chi connectivity index (χ4v) is 5.04. The number of alkyl halides is 1. The van der Waals surface area contributed by atoms with Gasteiger partial charge in [0.15, 0.2) is 0 Å². The van der Waals surface area contributed by atoms with Crippen molar-refractivity contribution < 1.29 is 17.2 Å². The zero-order valence-corrected chi connectivity index (χ0v) is 16.7. The Morgan fingerprint density at radius 2 is 2.04 bits per heavy atom. The van der Waals surface area contributed by atoms with Crippen LogP contribution in [0, 0.1) is 5.95 Å². The van der Waals surface area contributed by atoms with Gasteiger partial charge in [-0.2, -0.15) is 8.70 Å². The maximum atomic E-state index is 14.5. The molecule has 1 aliphatic carbocycles. The van der Waals surface area contributed by atoms with Gasteiger partial charge in [0.2, 0.25) is 21.9 Å². The molecule has 4 rings (SSSR count). The number of nitrogens with one attached hydrogen (secondary N) is 1. The van der Waals surface area contributed by atoms with Gasteiger partial charge in [0.05, 0.1) is 18.5 Å². The van der Waals surface area contributed by atoms with Gasteiger partial charge in [-0.05, 0) is 19.3 Å². The molecule has 154 valence electrons. The van der Waals surface area contributed by atoms with Crippen molar-refractivity contribution >= 4 is 21.5 Å². The summed E-state index contributed by atoms with van der Waals surface area (Å²) in [5.74, 6) is 0.124. The van der Waals surface area contributed by atoms with Crippen molar-refractivity contribution in [1.29, 1.82) is 0 Å². The first-order valence-electron chi connectivity index (χ1n) is 9.45. The Labute approximate surface area is 162 Å². The number of hydrogen-bond donors (Lipinski definition) is 1. The number of sulfonamides is 1. The molecule has 11 heteroatoms. The first kappa shape index (κ1) is 19.4. The molecule has 0 bridgehead atoms. The van der Waals surface area contributed by atoms with Gasteiger partial charge >= 0.3 is 0 Å². The molecule has 0 radical (unpaired) electrons. The predicted molar refractivity (Wildman–Crippen MR) is 99.9 cm³/mol. The van der Waals surface area contributed by atoms with Crippen LogP contribution in [0.5, 0.6) is 0 Å². The van der Waals surface area contributed by atoms with Gasteiger partial charge in [-0.15, -0.1) is 5.10 Å². The van der Waals surface area contributed by atoms with Crippen molar-refractivity contribution in [1.82, 2.24) is 23.9 Å². The lowest BCUT2D eigenvalue weighted by Crippen LogP contribution is -2.49. The van der Waals surface area contributed by atoms with E-state index in [4.69, 9.17) is 0 Å². The van der Waals surface area contributed by atoms with E-state index in [0.717, 1.165) is 36.2 Å². The van der Waals surface area contributed by atoms with Gasteiger partial charge in [-0.3, -0.25) is 0 Å².